The van der Waals surface area contributed by atoms with Crippen molar-refractivity contribution in [1.82, 2.24) is 9.78 Å². The second-order valence-corrected chi connectivity index (χ2v) is 4.56. The second kappa shape index (κ2) is 3.19. The van der Waals surface area contributed by atoms with Gasteiger partial charge in [0, 0.05) is 12.6 Å². The molecule has 0 atom stereocenters. The zero-order valence-electron chi connectivity index (χ0n) is 9.35. The molecule has 1 fully saturated rings. The Bertz CT molecular complexity index is 509. The van der Waals surface area contributed by atoms with Crippen LogP contribution in [0.25, 0.3) is 11.3 Å². The molecule has 3 rings (SSSR count). The maximum atomic E-state index is 6.20. The lowest BCUT2D eigenvalue weighted by Crippen LogP contribution is -2.22. The topological polar surface area (TPSA) is 43.8 Å². The lowest BCUT2D eigenvalue weighted by molar-refractivity contribution is 0.616. The van der Waals surface area contributed by atoms with Crippen molar-refractivity contribution in [2.45, 2.75) is 18.4 Å². The molecule has 3 heteroatoms. The van der Waals surface area contributed by atoms with Gasteiger partial charge in [0.05, 0.1) is 16.9 Å². The van der Waals surface area contributed by atoms with Gasteiger partial charge in [0.15, 0.2) is 0 Å². The fourth-order valence-corrected chi connectivity index (χ4v) is 2.07. The van der Waals surface area contributed by atoms with Crippen LogP contribution in [-0.2, 0) is 12.6 Å². The molecule has 0 radical (unpaired) electrons. The Morgan fingerprint density at radius 2 is 1.94 bits per heavy atom. The van der Waals surface area contributed by atoms with Crippen molar-refractivity contribution >= 4 is 0 Å². The predicted molar refractivity (Wildman–Crippen MR) is 63.7 cm³/mol. The Labute approximate surface area is 94.9 Å². The van der Waals surface area contributed by atoms with Gasteiger partial charge in [0.2, 0.25) is 0 Å². The third-order valence-corrected chi connectivity index (χ3v) is 3.25. The number of nitrogens with two attached hydrogens (primary N) is 1. The summed E-state index contributed by atoms with van der Waals surface area (Å²) < 4.78 is 1.91. The van der Waals surface area contributed by atoms with Gasteiger partial charge in [0.25, 0.3) is 0 Å². The summed E-state index contributed by atoms with van der Waals surface area (Å²) in [5.74, 6) is 0. The van der Waals surface area contributed by atoms with Crippen LogP contribution in [0.2, 0.25) is 0 Å². The third kappa shape index (κ3) is 1.44. The first-order chi connectivity index (χ1) is 7.69. The van der Waals surface area contributed by atoms with Crippen LogP contribution < -0.4 is 5.73 Å². The van der Waals surface area contributed by atoms with E-state index in [9.17, 15) is 0 Å². The number of aromatic nitrogens is 2. The van der Waals surface area contributed by atoms with Crippen LogP contribution in [0.1, 0.15) is 18.5 Å². The molecule has 2 aromatic rings. The molecule has 1 aliphatic carbocycles. The maximum Gasteiger partial charge on any atom is 0.0926 e. The van der Waals surface area contributed by atoms with Gasteiger partial charge in [-0.2, -0.15) is 5.10 Å². The lowest BCUT2D eigenvalue weighted by Gasteiger charge is -2.07. The first-order valence-corrected chi connectivity index (χ1v) is 5.58. The number of nitrogens with zero attached hydrogens (tertiary/aromatic N) is 2. The largest absolute Gasteiger partial charge is 0.320 e. The van der Waals surface area contributed by atoms with Crippen molar-refractivity contribution in [3.8, 4) is 11.3 Å². The summed E-state index contributed by atoms with van der Waals surface area (Å²) in [5, 5.41) is 4.52. The SMILES string of the molecule is Cn1nc(-c2ccccc2)cc1C1(N)CC1. The van der Waals surface area contributed by atoms with Crippen molar-refractivity contribution < 1.29 is 0 Å². The molecule has 1 aromatic carbocycles. The number of benzene rings is 1. The number of hydrogen-bond acceptors (Lipinski definition) is 2. The van der Waals surface area contributed by atoms with Crippen molar-refractivity contribution in [1.29, 1.82) is 0 Å². The van der Waals surface area contributed by atoms with Crippen LogP contribution in [0.5, 0.6) is 0 Å². The van der Waals surface area contributed by atoms with Crippen LogP contribution >= 0.6 is 0 Å². The van der Waals surface area contributed by atoms with Crippen molar-refractivity contribution in [2.24, 2.45) is 12.8 Å². The average Bonchev–Trinajstić information content (AvgIpc) is 2.91. The monoisotopic (exact) mass is 213 g/mol. The minimum atomic E-state index is -0.116. The molecule has 0 spiro atoms. The van der Waals surface area contributed by atoms with E-state index in [1.165, 1.54) is 0 Å². The van der Waals surface area contributed by atoms with E-state index < -0.39 is 0 Å². The van der Waals surface area contributed by atoms with Crippen LogP contribution in [0.3, 0.4) is 0 Å². The molecule has 0 amide bonds. The van der Waals surface area contributed by atoms with E-state index in [2.05, 4.69) is 23.3 Å². The minimum Gasteiger partial charge on any atom is -0.320 e. The van der Waals surface area contributed by atoms with Crippen LogP contribution in [0.15, 0.2) is 36.4 Å². The van der Waals surface area contributed by atoms with Gasteiger partial charge in [0.1, 0.15) is 0 Å². The van der Waals surface area contributed by atoms with Gasteiger partial charge < -0.3 is 5.73 Å². The first kappa shape index (κ1) is 9.60. The Kier molecular flexibility index (Phi) is 1.91. The molecule has 1 saturated carbocycles. The van der Waals surface area contributed by atoms with E-state index in [1.54, 1.807) is 0 Å². The van der Waals surface area contributed by atoms with Gasteiger partial charge in [-0.15, -0.1) is 0 Å². The number of rotatable bonds is 2. The highest BCUT2D eigenvalue weighted by Gasteiger charge is 2.42. The van der Waals surface area contributed by atoms with Gasteiger partial charge in [-0.3, -0.25) is 4.68 Å². The molecule has 1 aliphatic rings. The number of hydrogen-bond donors (Lipinski definition) is 1. The van der Waals surface area contributed by atoms with Crippen LogP contribution in [-0.4, -0.2) is 9.78 Å². The first-order valence-electron chi connectivity index (χ1n) is 5.58. The number of aryl methyl sites for hydroxylation is 1. The van der Waals surface area contributed by atoms with Crippen molar-refractivity contribution in [3.63, 3.8) is 0 Å². The van der Waals surface area contributed by atoms with Gasteiger partial charge in [-0.25, -0.2) is 0 Å². The highest BCUT2D eigenvalue weighted by atomic mass is 15.3. The summed E-state index contributed by atoms with van der Waals surface area (Å²) in [4.78, 5) is 0. The van der Waals surface area contributed by atoms with E-state index in [4.69, 9.17) is 5.73 Å². The molecule has 16 heavy (non-hydrogen) atoms. The van der Waals surface area contributed by atoms with Gasteiger partial charge >= 0.3 is 0 Å². The van der Waals surface area contributed by atoms with Crippen LogP contribution in [0, 0.1) is 0 Å². The van der Waals surface area contributed by atoms with E-state index in [1.807, 2.05) is 29.9 Å². The smallest absolute Gasteiger partial charge is 0.0926 e. The fourth-order valence-electron chi connectivity index (χ4n) is 2.07. The normalized spacial score (nSPS) is 17.4. The van der Waals surface area contributed by atoms with Crippen LogP contribution in [0.4, 0.5) is 0 Å². The summed E-state index contributed by atoms with van der Waals surface area (Å²) in [6.45, 7) is 0. The van der Waals surface area contributed by atoms with E-state index in [-0.39, 0.29) is 5.54 Å². The molecule has 0 bridgehead atoms. The standard InChI is InChI=1S/C13H15N3/c1-16-12(13(14)7-8-13)9-11(15-16)10-5-3-2-4-6-10/h2-6,9H,7-8,14H2,1H3. The molecular weight excluding hydrogens is 198 g/mol. The van der Waals surface area contributed by atoms with Gasteiger partial charge in [-0.1, -0.05) is 30.3 Å². The van der Waals surface area contributed by atoms with E-state index in [0.717, 1.165) is 29.8 Å². The fraction of sp³-hybridized carbons (Fsp3) is 0.308. The molecule has 0 saturated heterocycles. The quantitative estimate of drug-likeness (QED) is 0.829. The zero-order chi connectivity index (χ0) is 11.2. The summed E-state index contributed by atoms with van der Waals surface area (Å²) in [5.41, 5.74) is 9.38. The molecule has 3 nitrogen and oxygen atoms in total. The van der Waals surface area contributed by atoms with Crippen molar-refractivity contribution in [2.75, 3.05) is 0 Å². The molecule has 82 valence electrons. The highest BCUT2D eigenvalue weighted by Crippen LogP contribution is 2.43. The lowest BCUT2D eigenvalue weighted by atomic mass is 10.1. The third-order valence-electron chi connectivity index (χ3n) is 3.25. The molecule has 0 aliphatic heterocycles. The zero-order valence-corrected chi connectivity index (χ0v) is 9.35. The van der Waals surface area contributed by atoms with Crippen molar-refractivity contribution in [3.05, 3.63) is 42.1 Å². The van der Waals surface area contributed by atoms with E-state index >= 15 is 0 Å². The van der Waals surface area contributed by atoms with E-state index in [0.29, 0.717) is 0 Å². The summed E-state index contributed by atoms with van der Waals surface area (Å²) in [6, 6.07) is 12.3. The summed E-state index contributed by atoms with van der Waals surface area (Å²) in [7, 11) is 1.97. The molecular formula is C13H15N3. The summed E-state index contributed by atoms with van der Waals surface area (Å²) >= 11 is 0. The Hall–Kier alpha value is -1.61. The Balaban J connectivity index is 2.05. The minimum absolute atomic E-state index is 0.116. The summed E-state index contributed by atoms with van der Waals surface area (Å²) in [6.07, 6.45) is 2.14. The Morgan fingerprint density at radius 1 is 1.25 bits per heavy atom. The highest BCUT2D eigenvalue weighted by molar-refractivity contribution is 5.59. The second-order valence-electron chi connectivity index (χ2n) is 4.56. The molecule has 1 aromatic heterocycles. The molecule has 1 heterocycles. The maximum absolute atomic E-state index is 6.20. The average molecular weight is 213 g/mol. The Morgan fingerprint density at radius 3 is 2.56 bits per heavy atom. The predicted octanol–water partition coefficient (Wildman–Crippen LogP) is 2.03. The van der Waals surface area contributed by atoms with Gasteiger partial charge in [-0.05, 0) is 18.9 Å². The molecule has 0 unspecified atom stereocenters. The molecule has 2 N–H and O–H groups in total.